The highest BCUT2D eigenvalue weighted by atomic mass is 16.3. The molecule has 6 aromatic carbocycles. The molecule has 8 nitrogen and oxygen atoms in total. The molecule has 0 unspecified atom stereocenters. The lowest BCUT2D eigenvalue weighted by molar-refractivity contribution is 0.623. The van der Waals surface area contributed by atoms with Gasteiger partial charge in [-0.15, -0.1) is 0 Å². The Morgan fingerprint density at radius 3 is 1.14 bits per heavy atom. The molecule has 0 radical (unpaired) electrons. The van der Waals surface area contributed by atoms with Gasteiger partial charge in [0.05, 0.1) is 28.3 Å². The summed E-state index contributed by atoms with van der Waals surface area (Å²) in [7, 11) is 0. The van der Waals surface area contributed by atoms with Crippen LogP contribution in [0.1, 0.15) is 0 Å². The zero-order valence-corrected chi connectivity index (χ0v) is 31.4. The second-order valence-corrected chi connectivity index (χ2v) is 14.2. The first-order valence-corrected chi connectivity index (χ1v) is 19.3. The van der Waals surface area contributed by atoms with Gasteiger partial charge in [-0.25, -0.2) is 24.9 Å². The van der Waals surface area contributed by atoms with Crippen molar-refractivity contribution in [2.75, 3.05) is 0 Å². The molecule has 0 aliphatic heterocycles. The molecule has 5 aromatic heterocycles. The van der Waals surface area contributed by atoms with Crippen molar-refractivity contribution in [2.45, 2.75) is 0 Å². The minimum absolute atomic E-state index is 0.426. The molecule has 0 amide bonds. The van der Waals surface area contributed by atoms with E-state index in [4.69, 9.17) is 39.3 Å². The summed E-state index contributed by atoms with van der Waals surface area (Å²) in [6.45, 7) is 0. The Balaban J connectivity index is 1.19. The Morgan fingerprint density at radius 1 is 0.305 bits per heavy atom. The molecule has 0 bridgehead atoms. The van der Waals surface area contributed by atoms with Crippen molar-refractivity contribution in [3.63, 3.8) is 0 Å². The van der Waals surface area contributed by atoms with Crippen LogP contribution in [-0.2, 0) is 0 Å². The van der Waals surface area contributed by atoms with Crippen LogP contribution in [0.15, 0.2) is 193 Å². The lowest BCUT2D eigenvalue weighted by Crippen LogP contribution is -1.99. The van der Waals surface area contributed by atoms with Gasteiger partial charge in [0.15, 0.2) is 17.2 Å². The Kier molecular flexibility index (Phi) is 8.29. The van der Waals surface area contributed by atoms with E-state index in [9.17, 15) is 0 Å². The lowest BCUT2D eigenvalue weighted by atomic mass is 10.0. The molecule has 0 atom stereocenters. The Morgan fingerprint density at radius 2 is 0.695 bits per heavy atom. The van der Waals surface area contributed by atoms with Gasteiger partial charge in [-0.3, -0.25) is 9.97 Å². The van der Waals surface area contributed by atoms with E-state index in [-0.39, 0.29) is 0 Å². The largest absolute Gasteiger partial charge is 0.435 e. The third-order valence-electron chi connectivity index (χ3n) is 10.4. The van der Waals surface area contributed by atoms with Crippen LogP contribution in [0.2, 0.25) is 0 Å². The summed E-state index contributed by atoms with van der Waals surface area (Å²) in [6, 6.07) is 58.7. The molecule has 59 heavy (non-hydrogen) atoms. The zero-order valence-electron chi connectivity index (χ0n) is 31.4. The van der Waals surface area contributed by atoms with Crippen molar-refractivity contribution >= 4 is 32.9 Å². The average Bonchev–Trinajstić information content (AvgIpc) is 3.79. The quantitative estimate of drug-likeness (QED) is 0.148. The van der Waals surface area contributed by atoms with E-state index in [1.807, 2.05) is 121 Å². The van der Waals surface area contributed by atoms with Crippen molar-refractivity contribution in [2.24, 2.45) is 0 Å². The number of hydrogen-bond acceptors (Lipinski definition) is 8. The van der Waals surface area contributed by atoms with Crippen molar-refractivity contribution in [1.29, 1.82) is 0 Å². The van der Waals surface area contributed by atoms with Crippen molar-refractivity contribution in [3.05, 3.63) is 188 Å². The fourth-order valence-electron chi connectivity index (χ4n) is 7.56. The van der Waals surface area contributed by atoms with E-state index in [0.29, 0.717) is 34.2 Å². The molecule has 11 aromatic rings. The normalized spacial score (nSPS) is 11.4. The van der Waals surface area contributed by atoms with Crippen LogP contribution < -0.4 is 0 Å². The van der Waals surface area contributed by atoms with Crippen LogP contribution >= 0.6 is 0 Å². The molecule has 0 aliphatic rings. The summed E-state index contributed by atoms with van der Waals surface area (Å²) in [6.07, 6.45) is 3.55. The van der Waals surface area contributed by atoms with Gasteiger partial charge in [0.2, 0.25) is 5.89 Å². The minimum Gasteiger partial charge on any atom is -0.435 e. The smallest absolute Gasteiger partial charge is 0.227 e. The van der Waals surface area contributed by atoms with Crippen molar-refractivity contribution < 1.29 is 4.42 Å². The topological polar surface area (TPSA) is 103 Å². The number of oxazole rings is 1. The van der Waals surface area contributed by atoms with Gasteiger partial charge in [-0.2, -0.15) is 0 Å². The summed E-state index contributed by atoms with van der Waals surface area (Å²) >= 11 is 0. The molecule has 11 rings (SSSR count). The van der Waals surface area contributed by atoms with E-state index < -0.39 is 0 Å². The lowest BCUT2D eigenvalue weighted by Gasteiger charge is -2.13. The predicted octanol–water partition coefficient (Wildman–Crippen LogP) is 12.2. The van der Waals surface area contributed by atoms with Crippen LogP contribution in [0, 0.1) is 0 Å². The summed E-state index contributed by atoms with van der Waals surface area (Å²) < 4.78 is 6.77. The van der Waals surface area contributed by atoms with Gasteiger partial charge >= 0.3 is 0 Å². The van der Waals surface area contributed by atoms with Crippen LogP contribution in [0.4, 0.5) is 0 Å². The number of nitrogens with zero attached hydrogens (tertiary/aromatic N) is 7. The van der Waals surface area contributed by atoms with Crippen LogP contribution in [0.5, 0.6) is 0 Å². The maximum absolute atomic E-state index is 6.77. The third-order valence-corrected chi connectivity index (χ3v) is 10.4. The Hall–Kier alpha value is -8.23. The van der Waals surface area contributed by atoms with Gasteiger partial charge < -0.3 is 4.42 Å². The van der Waals surface area contributed by atoms with E-state index in [2.05, 4.69) is 54.6 Å². The van der Waals surface area contributed by atoms with E-state index in [1.54, 1.807) is 12.4 Å². The van der Waals surface area contributed by atoms with E-state index in [0.717, 1.165) is 78.0 Å². The number of benzene rings is 6. The van der Waals surface area contributed by atoms with Crippen molar-refractivity contribution in [3.8, 4) is 79.3 Å². The van der Waals surface area contributed by atoms with Crippen LogP contribution in [-0.4, -0.2) is 34.9 Å². The standard InChI is InChI=1S/C51H31N7O/c1-5-15-32(16-6-1)41-30-42(33-17-7-2-8-18-33)55-49(54-41)36-27-37(50-56-43(34-19-9-3-10-20-34)31-44(57-50)35-21-11-4-12-22-35)29-38(28-36)51-58-47-39-23-13-25-52-45(39)46-40(48(47)59-51)24-14-26-53-46/h1-31H. The second-order valence-electron chi connectivity index (χ2n) is 14.2. The molecule has 0 fully saturated rings. The zero-order chi connectivity index (χ0) is 39.1. The van der Waals surface area contributed by atoms with Crippen LogP contribution in [0.25, 0.3) is 112 Å². The monoisotopic (exact) mass is 757 g/mol. The maximum atomic E-state index is 6.77. The molecule has 0 spiro atoms. The van der Waals surface area contributed by atoms with Gasteiger partial charge in [0.1, 0.15) is 11.0 Å². The number of fused-ring (bicyclic) bond motifs is 6. The second kappa shape index (κ2) is 14.4. The van der Waals surface area contributed by atoms with Crippen LogP contribution in [0.3, 0.4) is 0 Å². The highest BCUT2D eigenvalue weighted by Gasteiger charge is 2.21. The Labute approximate surface area is 338 Å². The molecule has 276 valence electrons. The molecular formula is C51H31N7O. The van der Waals surface area contributed by atoms with Gasteiger partial charge in [0, 0.05) is 62.1 Å². The number of rotatable bonds is 7. The summed E-state index contributed by atoms with van der Waals surface area (Å²) in [5.41, 5.74) is 12.2. The molecule has 0 saturated heterocycles. The molecule has 5 heterocycles. The fourth-order valence-corrected chi connectivity index (χ4v) is 7.56. The SMILES string of the molecule is c1ccc(-c2cc(-c3ccccc3)nc(-c3cc(-c4nc(-c5ccccc5)cc(-c5ccccc5)n4)cc(-c4nc5c6cccnc6c6ncccc6c5o4)c3)n2)cc1. The molecule has 8 heteroatoms. The van der Waals surface area contributed by atoms with E-state index >= 15 is 0 Å². The van der Waals surface area contributed by atoms with Gasteiger partial charge in [-0.1, -0.05) is 121 Å². The Bertz CT molecular complexity index is 2990. The van der Waals surface area contributed by atoms with Crippen molar-refractivity contribution in [1.82, 2.24) is 34.9 Å². The van der Waals surface area contributed by atoms with Gasteiger partial charge in [-0.05, 0) is 54.6 Å². The van der Waals surface area contributed by atoms with E-state index in [1.165, 1.54) is 0 Å². The highest BCUT2D eigenvalue weighted by Crippen LogP contribution is 2.39. The molecule has 0 aliphatic carbocycles. The number of hydrogen-bond donors (Lipinski definition) is 0. The third kappa shape index (κ3) is 6.35. The summed E-state index contributed by atoms with van der Waals surface area (Å²) in [4.78, 5) is 35.4. The highest BCUT2D eigenvalue weighted by molar-refractivity contribution is 6.20. The number of pyridine rings is 2. The minimum atomic E-state index is 0.426. The summed E-state index contributed by atoms with van der Waals surface area (Å²) in [5, 5.41) is 1.69. The first-order chi connectivity index (χ1) is 29.2. The molecule has 0 N–H and O–H groups in total. The average molecular weight is 758 g/mol. The molecular weight excluding hydrogens is 727 g/mol. The number of aromatic nitrogens is 7. The summed E-state index contributed by atoms with van der Waals surface area (Å²) in [5.74, 6) is 1.50. The predicted molar refractivity (Wildman–Crippen MR) is 234 cm³/mol. The maximum Gasteiger partial charge on any atom is 0.227 e. The molecule has 0 saturated carbocycles. The van der Waals surface area contributed by atoms with Gasteiger partial charge in [0.25, 0.3) is 0 Å². The fraction of sp³-hybridized carbons (Fsp3) is 0. The first-order valence-electron chi connectivity index (χ1n) is 19.3. The first kappa shape index (κ1) is 34.1.